The summed E-state index contributed by atoms with van der Waals surface area (Å²) in [7, 11) is 0. The fourth-order valence-electron chi connectivity index (χ4n) is 3.57. The fraction of sp³-hybridized carbons (Fsp3) is 0.304. The Morgan fingerprint density at radius 3 is 2.57 bits per heavy atom. The van der Waals surface area contributed by atoms with Gasteiger partial charge in [-0.05, 0) is 35.7 Å². The number of thiazole rings is 1. The minimum absolute atomic E-state index is 0.0795. The van der Waals surface area contributed by atoms with E-state index in [1.807, 2.05) is 12.1 Å². The van der Waals surface area contributed by atoms with Crippen molar-refractivity contribution >= 4 is 38.4 Å². The lowest BCUT2D eigenvalue weighted by atomic mass is 9.94. The van der Waals surface area contributed by atoms with Gasteiger partial charge in [0.2, 0.25) is 0 Å². The van der Waals surface area contributed by atoms with Gasteiger partial charge in [0.25, 0.3) is 5.91 Å². The SMILES string of the molecule is CC(C)C(=O)C1=C(O)C(=O)N(c2nc3ccc(C(C)C)cc3s2)C1c1ccccn1. The van der Waals surface area contributed by atoms with Crippen LogP contribution in [0.25, 0.3) is 10.2 Å². The van der Waals surface area contributed by atoms with Crippen molar-refractivity contribution in [3.05, 3.63) is 65.2 Å². The molecule has 1 unspecified atom stereocenters. The molecule has 1 atom stereocenters. The molecule has 0 radical (unpaired) electrons. The first-order valence-corrected chi connectivity index (χ1v) is 10.7. The molecule has 3 aromatic rings. The number of hydrogen-bond donors (Lipinski definition) is 1. The van der Waals surface area contributed by atoms with Crippen molar-refractivity contribution in [1.82, 2.24) is 9.97 Å². The molecule has 7 heteroatoms. The normalized spacial score (nSPS) is 17.1. The third-order valence-corrected chi connectivity index (χ3v) is 6.26. The van der Waals surface area contributed by atoms with Crippen LogP contribution in [-0.4, -0.2) is 26.8 Å². The van der Waals surface area contributed by atoms with Gasteiger partial charge in [-0.3, -0.25) is 19.5 Å². The fourth-order valence-corrected chi connectivity index (χ4v) is 4.61. The smallest absolute Gasteiger partial charge is 0.296 e. The number of aromatic nitrogens is 2. The van der Waals surface area contributed by atoms with Gasteiger partial charge < -0.3 is 5.11 Å². The topological polar surface area (TPSA) is 83.4 Å². The number of pyridine rings is 1. The van der Waals surface area contributed by atoms with Gasteiger partial charge in [-0.15, -0.1) is 0 Å². The van der Waals surface area contributed by atoms with E-state index in [1.165, 1.54) is 21.8 Å². The van der Waals surface area contributed by atoms with Crippen LogP contribution in [0.5, 0.6) is 0 Å². The van der Waals surface area contributed by atoms with Gasteiger partial charge in [0.05, 0.1) is 21.5 Å². The Kier molecular flexibility index (Phi) is 5.15. The van der Waals surface area contributed by atoms with Gasteiger partial charge in [0, 0.05) is 12.1 Å². The summed E-state index contributed by atoms with van der Waals surface area (Å²) in [5, 5.41) is 11.1. The number of anilines is 1. The lowest BCUT2D eigenvalue weighted by Gasteiger charge is -2.24. The minimum atomic E-state index is -0.807. The number of hydrogen-bond acceptors (Lipinski definition) is 6. The van der Waals surface area contributed by atoms with Crippen LogP contribution in [0, 0.1) is 5.92 Å². The number of ketones is 1. The van der Waals surface area contributed by atoms with Gasteiger partial charge in [-0.2, -0.15) is 0 Å². The summed E-state index contributed by atoms with van der Waals surface area (Å²) < 4.78 is 0.951. The number of carbonyl (C=O) groups excluding carboxylic acids is 2. The predicted octanol–water partition coefficient (Wildman–Crippen LogP) is 4.94. The summed E-state index contributed by atoms with van der Waals surface area (Å²) in [6, 6.07) is 10.6. The molecule has 2 aromatic heterocycles. The number of benzene rings is 1. The standard InChI is InChI=1S/C23H23N3O3S/c1-12(2)14-8-9-15-17(11-14)30-23(25-15)26-19(16-7-5-6-10-24-16)18(20(27)13(3)4)21(28)22(26)29/h5-13,19,28H,1-4H3. The van der Waals surface area contributed by atoms with E-state index < -0.39 is 17.7 Å². The Morgan fingerprint density at radius 2 is 1.93 bits per heavy atom. The molecule has 0 aliphatic carbocycles. The van der Waals surface area contributed by atoms with Crippen molar-refractivity contribution in [2.45, 2.75) is 39.7 Å². The van der Waals surface area contributed by atoms with Crippen molar-refractivity contribution in [3.8, 4) is 0 Å². The van der Waals surface area contributed by atoms with E-state index in [2.05, 4.69) is 29.9 Å². The quantitative estimate of drug-likeness (QED) is 0.631. The third kappa shape index (κ3) is 3.29. The molecule has 3 heterocycles. The van der Waals surface area contributed by atoms with Crippen molar-refractivity contribution in [2.75, 3.05) is 4.90 Å². The molecule has 0 bridgehead atoms. The highest BCUT2D eigenvalue weighted by atomic mass is 32.1. The van der Waals surface area contributed by atoms with E-state index in [9.17, 15) is 14.7 Å². The van der Waals surface area contributed by atoms with Gasteiger partial charge in [-0.1, -0.05) is 51.2 Å². The largest absolute Gasteiger partial charge is 0.503 e. The number of aliphatic hydroxyl groups is 1. The Labute approximate surface area is 178 Å². The molecule has 1 aliphatic heterocycles. The van der Waals surface area contributed by atoms with Crippen molar-refractivity contribution < 1.29 is 14.7 Å². The average Bonchev–Trinajstić information content (AvgIpc) is 3.26. The molecule has 1 aromatic carbocycles. The van der Waals surface area contributed by atoms with E-state index in [0.717, 1.165) is 10.2 Å². The van der Waals surface area contributed by atoms with E-state index >= 15 is 0 Å². The number of Topliss-reactive ketones (excluding diaryl/α,β-unsaturated/α-hetero) is 1. The summed E-state index contributed by atoms with van der Waals surface area (Å²) in [5.74, 6) is -1.42. The van der Waals surface area contributed by atoms with Crippen molar-refractivity contribution in [3.63, 3.8) is 0 Å². The summed E-state index contributed by atoms with van der Waals surface area (Å²) in [6.07, 6.45) is 1.61. The number of aliphatic hydroxyl groups excluding tert-OH is 1. The van der Waals surface area contributed by atoms with Gasteiger partial charge in [0.15, 0.2) is 16.7 Å². The van der Waals surface area contributed by atoms with Crippen LogP contribution in [0.1, 0.15) is 50.9 Å². The lowest BCUT2D eigenvalue weighted by Crippen LogP contribution is -2.31. The molecule has 154 valence electrons. The van der Waals surface area contributed by atoms with E-state index in [4.69, 9.17) is 0 Å². The molecule has 0 saturated carbocycles. The van der Waals surface area contributed by atoms with Crippen molar-refractivity contribution in [2.24, 2.45) is 5.92 Å². The third-order valence-electron chi connectivity index (χ3n) is 5.24. The maximum Gasteiger partial charge on any atom is 0.296 e. The summed E-state index contributed by atoms with van der Waals surface area (Å²) in [5.41, 5.74) is 2.55. The molecule has 0 saturated heterocycles. The molecule has 1 amide bonds. The van der Waals surface area contributed by atoms with Crippen LogP contribution in [0.2, 0.25) is 0 Å². The average molecular weight is 422 g/mol. The Morgan fingerprint density at radius 1 is 1.17 bits per heavy atom. The maximum atomic E-state index is 13.1. The molecule has 0 fully saturated rings. The molecule has 30 heavy (non-hydrogen) atoms. The highest BCUT2D eigenvalue weighted by Crippen LogP contribution is 2.43. The van der Waals surface area contributed by atoms with Crippen LogP contribution in [0.4, 0.5) is 5.13 Å². The van der Waals surface area contributed by atoms with Crippen LogP contribution in [-0.2, 0) is 9.59 Å². The first-order chi connectivity index (χ1) is 14.3. The zero-order valence-electron chi connectivity index (χ0n) is 17.3. The molecule has 6 nitrogen and oxygen atoms in total. The zero-order valence-corrected chi connectivity index (χ0v) is 18.1. The minimum Gasteiger partial charge on any atom is -0.503 e. The second-order valence-electron chi connectivity index (χ2n) is 7.99. The Balaban J connectivity index is 1.87. The summed E-state index contributed by atoms with van der Waals surface area (Å²) in [4.78, 5) is 36.4. The van der Waals surface area contributed by atoms with Gasteiger partial charge >= 0.3 is 0 Å². The molecule has 1 N–H and O–H groups in total. The first kappa shape index (κ1) is 20.2. The van der Waals surface area contributed by atoms with E-state index in [0.29, 0.717) is 16.7 Å². The highest BCUT2D eigenvalue weighted by Gasteiger charge is 2.46. The molecule has 4 rings (SSSR count). The second kappa shape index (κ2) is 7.65. The number of fused-ring (bicyclic) bond motifs is 1. The summed E-state index contributed by atoms with van der Waals surface area (Å²) >= 11 is 1.37. The van der Waals surface area contributed by atoms with Gasteiger partial charge in [0.1, 0.15) is 6.04 Å². The first-order valence-electron chi connectivity index (χ1n) is 9.92. The zero-order chi connectivity index (χ0) is 21.6. The maximum absolute atomic E-state index is 13.1. The monoisotopic (exact) mass is 421 g/mol. The number of rotatable bonds is 5. The number of amides is 1. The number of carbonyl (C=O) groups is 2. The Bertz CT molecular complexity index is 1160. The Hall–Kier alpha value is -3.06. The summed E-state index contributed by atoms with van der Waals surface area (Å²) in [6.45, 7) is 7.73. The lowest BCUT2D eigenvalue weighted by molar-refractivity contribution is -0.119. The van der Waals surface area contributed by atoms with Crippen LogP contribution >= 0.6 is 11.3 Å². The van der Waals surface area contributed by atoms with Crippen LogP contribution in [0.3, 0.4) is 0 Å². The molecule has 0 spiro atoms. The van der Waals surface area contributed by atoms with Crippen LogP contribution in [0.15, 0.2) is 53.9 Å². The highest BCUT2D eigenvalue weighted by molar-refractivity contribution is 7.22. The second-order valence-corrected chi connectivity index (χ2v) is 9.00. The van der Waals surface area contributed by atoms with E-state index in [1.54, 1.807) is 38.2 Å². The molecular formula is C23H23N3O3S. The van der Waals surface area contributed by atoms with E-state index in [-0.39, 0.29) is 17.3 Å². The molecular weight excluding hydrogens is 398 g/mol. The van der Waals surface area contributed by atoms with Crippen molar-refractivity contribution in [1.29, 1.82) is 0 Å². The van der Waals surface area contributed by atoms with Crippen LogP contribution < -0.4 is 4.90 Å². The predicted molar refractivity (Wildman–Crippen MR) is 118 cm³/mol. The number of nitrogens with zero attached hydrogens (tertiary/aromatic N) is 3. The van der Waals surface area contributed by atoms with Gasteiger partial charge in [-0.25, -0.2) is 4.98 Å². The molecule has 1 aliphatic rings.